The molecule has 2 aliphatic rings. The summed E-state index contributed by atoms with van der Waals surface area (Å²) >= 11 is 5.85. The number of amides is 1. The Morgan fingerprint density at radius 3 is 2.67 bits per heavy atom. The molecule has 27 heavy (non-hydrogen) atoms. The number of para-hydroxylation sites is 1. The molecule has 2 heterocycles. The van der Waals surface area contributed by atoms with Gasteiger partial charge in [-0.15, -0.1) is 0 Å². The third-order valence-corrected chi connectivity index (χ3v) is 5.48. The van der Waals surface area contributed by atoms with E-state index in [4.69, 9.17) is 21.4 Å². The van der Waals surface area contributed by atoms with E-state index in [9.17, 15) is 9.18 Å². The number of fused-ring (bicyclic) bond motifs is 1. The molecule has 0 radical (unpaired) electrons. The van der Waals surface area contributed by atoms with Crippen LogP contribution in [0.2, 0.25) is 5.02 Å². The Morgan fingerprint density at radius 2 is 1.96 bits per heavy atom. The predicted octanol–water partition coefficient (Wildman–Crippen LogP) is 5.48. The van der Waals surface area contributed by atoms with E-state index in [1.54, 1.807) is 12.1 Å². The van der Waals surface area contributed by atoms with Gasteiger partial charge in [-0.25, -0.2) is 9.18 Å². The van der Waals surface area contributed by atoms with Crippen LogP contribution in [0.1, 0.15) is 41.6 Å². The summed E-state index contributed by atoms with van der Waals surface area (Å²) in [5.41, 5.74) is 2.46. The second kappa shape index (κ2) is 7.24. The highest BCUT2D eigenvalue weighted by Crippen LogP contribution is 2.42. The Hall–Kier alpha value is -2.53. The van der Waals surface area contributed by atoms with Crippen LogP contribution in [-0.2, 0) is 0 Å². The Labute approximate surface area is 161 Å². The highest BCUT2D eigenvalue weighted by molar-refractivity contribution is 6.30. The van der Waals surface area contributed by atoms with Gasteiger partial charge in [0.05, 0.1) is 0 Å². The van der Waals surface area contributed by atoms with Crippen LogP contribution in [-0.4, -0.2) is 29.2 Å². The summed E-state index contributed by atoms with van der Waals surface area (Å²) in [5, 5.41) is 9.49. The molecule has 0 unspecified atom stereocenters. The van der Waals surface area contributed by atoms with Gasteiger partial charge in [0.15, 0.2) is 0 Å². The molecule has 2 aromatic rings. The Bertz CT molecular complexity index is 906. The SMILES string of the molecule is O=C(O)N1CCC(c2cccc3c2O[C@@H](c2ccc(Cl)cc2F)C=C3)CC1. The summed E-state index contributed by atoms with van der Waals surface area (Å²) < 4.78 is 20.5. The number of hydrogen-bond donors (Lipinski definition) is 1. The minimum Gasteiger partial charge on any atom is -0.481 e. The number of piperidine rings is 1. The topological polar surface area (TPSA) is 49.8 Å². The second-order valence-corrected chi connectivity index (χ2v) is 7.31. The van der Waals surface area contributed by atoms with E-state index in [0.717, 1.165) is 29.7 Å². The van der Waals surface area contributed by atoms with Crippen molar-refractivity contribution in [2.24, 2.45) is 0 Å². The molecular weight excluding hydrogens is 369 g/mol. The number of halogens is 2. The van der Waals surface area contributed by atoms with Crippen LogP contribution >= 0.6 is 11.6 Å². The first-order chi connectivity index (χ1) is 13.0. The first-order valence-electron chi connectivity index (χ1n) is 8.93. The van der Waals surface area contributed by atoms with Crippen molar-refractivity contribution in [3.8, 4) is 5.75 Å². The van der Waals surface area contributed by atoms with Gasteiger partial charge in [0, 0.05) is 29.2 Å². The molecule has 4 nitrogen and oxygen atoms in total. The molecule has 1 N–H and O–H groups in total. The maximum atomic E-state index is 14.3. The molecule has 0 aliphatic carbocycles. The molecule has 1 saturated heterocycles. The van der Waals surface area contributed by atoms with E-state index >= 15 is 0 Å². The van der Waals surface area contributed by atoms with E-state index in [1.807, 2.05) is 30.4 Å². The molecule has 2 aliphatic heterocycles. The normalized spacial score (nSPS) is 19.5. The van der Waals surface area contributed by atoms with Crippen molar-refractivity contribution in [3.63, 3.8) is 0 Å². The number of likely N-dealkylation sites (tertiary alicyclic amines) is 1. The number of nitrogens with zero attached hydrogens (tertiary/aromatic N) is 1. The number of benzene rings is 2. The fraction of sp³-hybridized carbons (Fsp3) is 0.286. The molecule has 2 aromatic carbocycles. The van der Waals surface area contributed by atoms with Gasteiger partial charge in [-0.3, -0.25) is 0 Å². The lowest BCUT2D eigenvalue weighted by Gasteiger charge is -2.32. The minimum atomic E-state index is -0.874. The maximum absolute atomic E-state index is 14.3. The Balaban J connectivity index is 1.61. The van der Waals surface area contributed by atoms with E-state index < -0.39 is 18.0 Å². The molecule has 140 valence electrons. The molecule has 4 rings (SSSR count). The van der Waals surface area contributed by atoms with Crippen molar-refractivity contribution < 1.29 is 19.0 Å². The first kappa shape index (κ1) is 17.9. The molecule has 0 spiro atoms. The fourth-order valence-corrected chi connectivity index (χ4v) is 3.96. The average molecular weight is 388 g/mol. The highest BCUT2D eigenvalue weighted by Gasteiger charge is 2.28. The highest BCUT2D eigenvalue weighted by atomic mass is 35.5. The summed E-state index contributed by atoms with van der Waals surface area (Å²) in [6.07, 6.45) is 3.89. The molecule has 0 saturated carbocycles. The predicted molar refractivity (Wildman–Crippen MR) is 102 cm³/mol. The van der Waals surface area contributed by atoms with Crippen LogP contribution in [0.15, 0.2) is 42.5 Å². The third-order valence-electron chi connectivity index (χ3n) is 5.25. The Kier molecular flexibility index (Phi) is 4.79. The largest absolute Gasteiger partial charge is 0.481 e. The smallest absolute Gasteiger partial charge is 0.407 e. The van der Waals surface area contributed by atoms with Gasteiger partial charge in [-0.05, 0) is 42.5 Å². The van der Waals surface area contributed by atoms with Gasteiger partial charge in [-0.1, -0.05) is 41.9 Å². The summed E-state index contributed by atoms with van der Waals surface area (Å²) in [7, 11) is 0. The molecule has 0 bridgehead atoms. The molecule has 6 heteroatoms. The lowest BCUT2D eigenvalue weighted by atomic mass is 9.87. The van der Waals surface area contributed by atoms with E-state index in [1.165, 1.54) is 11.0 Å². The zero-order valence-corrected chi connectivity index (χ0v) is 15.3. The van der Waals surface area contributed by atoms with E-state index in [-0.39, 0.29) is 5.92 Å². The second-order valence-electron chi connectivity index (χ2n) is 6.87. The number of carboxylic acid groups (broad SMARTS) is 1. The number of hydrogen-bond acceptors (Lipinski definition) is 2. The van der Waals surface area contributed by atoms with Gasteiger partial charge in [0.1, 0.15) is 17.7 Å². The number of carbonyl (C=O) groups is 1. The number of ether oxygens (including phenoxy) is 1. The van der Waals surface area contributed by atoms with Crippen molar-refractivity contribution in [3.05, 3.63) is 70.0 Å². The quantitative estimate of drug-likeness (QED) is 0.741. The number of rotatable bonds is 2. The van der Waals surface area contributed by atoms with Crippen molar-refractivity contribution in [1.82, 2.24) is 4.90 Å². The molecule has 0 aromatic heterocycles. The van der Waals surface area contributed by atoms with E-state index in [2.05, 4.69) is 0 Å². The van der Waals surface area contributed by atoms with Crippen LogP contribution in [0.3, 0.4) is 0 Å². The third kappa shape index (κ3) is 3.52. The average Bonchev–Trinajstić information content (AvgIpc) is 2.67. The van der Waals surface area contributed by atoms with Crippen molar-refractivity contribution in [2.75, 3.05) is 13.1 Å². The first-order valence-corrected chi connectivity index (χ1v) is 9.31. The van der Waals surface area contributed by atoms with E-state index in [0.29, 0.717) is 23.7 Å². The summed E-state index contributed by atoms with van der Waals surface area (Å²) in [6.45, 7) is 1.02. The standard InChI is InChI=1S/C21H19ClFNO3/c22-15-5-6-17(18(23)12-15)19-7-4-14-2-1-3-16(20(14)27-19)13-8-10-24(11-9-13)21(25)26/h1-7,12-13,19H,8-11H2,(H,25,26)/t19-/m1/s1. The monoisotopic (exact) mass is 387 g/mol. The van der Waals surface area contributed by atoms with Crippen LogP contribution in [0.4, 0.5) is 9.18 Å². The minimum absolute atomic E-state index is 0.220. The van der Waals surface area contributed by atoms with Crippen molar-refractivity contribution in [1.29, 1.82) is 0 Å². The zero-order valence-electron chi connectivity index (χ0n) is 14.6. The molecule has 1 atom stereocenters. The summed E-state index contributed by atoms with van der Waals surface area (Å²) in [4.78, 5) is 12.6. The summed E-state index contributed by atoms with van der Waals surface area (Å²) in [6, 6.07) is 10.6. The van der Waals surface area contributed by atoms with Crippen molar-refractivity contribution >= 4 is 23.8 Å². The van der Waals surface area contributed by atoms with Crippen molar-refractivity contribution in [2.45, 2.75) is 24.9 Å². The summed E-state index contributed by atoms with van der Waals surface area (Å²) in [5.74, 6) is 0.582. The molecule has 1 fully saturated rings. The molecular formula is C21H19ClFNO3. The molecule has 1 amide bonds. The van der Waals surface area contributed by atoms with Gasteiger partial charge in [0.25, 0.3) is 0 Å². The van der Waals surface area contributed by atoms with Crippen LogP contribution in [0.5, 0.6) is 5.75 Å². The van der Waals surface area contributed by atoms with Gasteiger partial charge < -0.3 is 14.7 Å². The Morgan fingerprint density at radius 1 is 1.19 bits per heavy atom. The maximum Gasteiger partial charge on any atom is 0.407 e. The van der Waals surface area contributed by atoms with Crippen LogP contribution < -0.4 is 4.74 Å². The lowest BCUT2D eigenvalue weighted by Crippen LogP contribution is -2.36. The van der Waals surface area contributed by atoms with Crippen LogP contribution in [0, 0.1) is 5.82 Å². The van der Waals surface area contributed by atoms with Gasteiger partial charge in [-0.2, -0.15) is 0 Å². The zero-order chi connectivity index (χ0) is 19.0. The van der Waals surface area contributed by atoms with Gasteiger partial charge in [0.2, 0.25) is 0 Å². The fourth-order valence-electron chi connectivity index (χ4n) is 3.80. The van der Waals surface area contributed by atoms with Crippen LogP contribution in [0.25, 0.3) is 6.08 Å². The van der Waals surface area contributed by atoms with Gasteiger partial charge >= 0.3 is 6.09 Å². The lowest BCUT2D eigenvalue weighted by molar-refractivity contribution is 0.131.